The number of nitrogens with zero attached hydrogens (tertiary/aromatic N) is 1. The summed E-state index contributed by atoms with van der Waals surface area (Å²) in [6.07, 6.45) is 1.62. The number of anilines is 1. The number of hydrogen-bond acceptors (Lipinski definition) is 4. The van der Waals surface area contributed by atoms with Crippen molar-refractivity contribution in [3.63, 3.8) is 0 Å². The van der Waals surface area contributed by atoms with Gasteiger partial charge in [0.1, 0.15) is 5.75 Å². The van der Waals surface area contributed by atoms with E-state index in [1.54, 1.807) is 31.5 Å². The Bertz CT molecular complexity index is 679. The SMILES string of the molecule is COc1ccnc(CNC(=O)c2cc(Cl)cc(Br)c2N)c1. The molecule has 1 aromatic heterocycles. The molecule has 0 bridgehead atoms. The van der Waals surface area contributed by atoms with Crippen molar-refractivity contribution in [3.05, 3.63) is 51.2 Å². The molecule has 0 radical (unpaired) electrons. The van der Waals surface area contributed by atoms with E-state index in [-0.39, 0.29) is 12.5 Å². The van der Waals surface area contributed by atoms with Crippen LogP contribution in [0.25, 0.3) is 0 Å². The average Bonchev–Trinajstić information content (AvgIpc) is 2.48. The monoisotopic (exact) mass is 369 g/mol. The van der Waals surface area contributed by atoms with Crippen molar-refractivity contribution in [2.75, 3.05) is 12.8 Å². The van der Waals surface area contributed by atoms with Gasteiger partial charge in [0, 0.05) is 21.8 Å². The average molecular weight is 371 g/mol. The second-order valence-electron chi connectivity index (χ2n) is 4.22. The molecule has 0 spiro atoms. The summed E-state index contributed by atoms with van der Waals surface area (Å²) < 4.78 is 5.68. The van der Waals surface area contributed by atoms with Gasteiger partial charge in [-0.1, -0.05) is 11.6 Å². The number of methoxy groups -OCH3 is 1. The highest BCUT2D eigenvalue weighted by Gasteiger charge is 2.13. The van der Waals surface area contributed by atoms with Crippen LogP contribution in [0.1, 0.15) is 16.1 Å². The maximum atomic E-state index is 12.2. The van der Waals surface area contributed by atoms with Gasteiger partial charge in [-0.15, -0.1) is 0 Å². The molecule has 5 nitrogen and oxygen atoms in total. The number of nitrogens with one attached hydrogen (secondary N) is 1. The number of aromatic nitrogens is 1. The molecule has 7 heteroatoms. The number of amides is 1. The van der Waals surface area contributed by atoms with Crippen LogP contribution in [0.2, 0.25) is 5.02 Å². The van der Waals surface area contributed by atoms with E-state index in [1.807, 2.05) is 0 Å². The normalized spacial score (nSPS) is 10.2. The van der Waals surface area contributed by atoms with Gasteiger partial charge in [-0.25, -0.2) is 0 Å². The first kappa shape index (κ1) is 15.6. The van der Waals surface area contributed by atoms with Crippen molar-refractivity contribution in [2.45, 2.75) is 6.54 Å². The minimum Gasteiger partial charge on any atom is -0.497 e. The summed E-state index contributed by atoms with van der Waals surface area (Å²) in [5.41, 5.74) is 7.21. The minimum atomic E-state index is -0.319. The van der Waals surface area contributed by atoms with Crippen LogP contribution in [0.3, 0.4) is 0 Å². The predicted molar refractivity (Wildman–Crippen MR) is 85.5 cm³/mol. The molecule has 1 heterocycles. The zero-order valence-electron chi connectivity index (χ0n) is 11.2. The van der Waals surface area contributed by atoms with Crippen molar-refractivity contribution < 1.29 is 9.53 Å². The smallest absolute Gasteiger partial charge is 0.253 e. The molecule has 0 aliphatic carbocycles. The van der Waals surface area contributed by atoms with Gasteiger partial charge in [0.15, 0.2) is 0 Å². The van der Waals surface area contributed by atoms with E-state index < -0.39 is 0 Å². The Morgan fingerprint density at radius 2 is 2.24 bits per heavy atom. The molecule has 110 valence electrons. The Hall–Kier alpha value is -1.79. The lowest BCUT2D eigenvalue weighted by atomic mass is 10.1. The molecule has 0 aliphatic heterocycles. The molecule has 21 heavy (non-hydrogen) atoms. The molecule has 0 unspecified atom stereocenters. The van der Waals surface area contributed by atoms with E-state index in [0.29, 0.717) is 32.2 Å². The van der Waals surface area contributed by atoms with Gasteiger partial charge in [0.25, 0.3) is 5.91 Å². The van der Waals surface area contributed by atoms with Crippen molar-refractivity contribution in [1.29, 1.82) is 0 Å². The topological polar surface area (TPSA) is 77.2 Å². The molecule has 0 fully saturated rings. The number of ether oxygens (including phenoxy) is 1. The summed E-state index contributed by atoms with van der Waals surface area (Å²) in [4.78, 5) is 16.3. The lowest BCUT2D eigenvalue weighted by Crippen LogP contribution is -2.24. The fourth-order valence-corrected chi connectivity index (χ4v) is 2.53. The third-order valence-electron chi connectivity index (χ3n) is 2.79. The number of nitrogens with two attached hydrogens (primary N) is 1. The third kappa shape index (κ3) is 3.86. The van der Waals surface area contributed by atoms with Crippen molar-refractivity contribution in [1.82, 2.24) is 10.3 Å². The Kier molecular flexibility index (Phi) is 5.03. The summed E-state index contributed by atoms with van der Waals surface area (Å²) in [6.45, 7) is 0.263. The van der Waals surface area contributed by atoms with E-state index in [9.17, 15) is 4.79 Å². The summed E-state index contributed by atoms with van der Waals surface area (Å²) in [6, 6.07) is 6.64. The predicted octanol–water partition coefficient (Wildman–Crippen LogP) is 3.02. The van der Waals surface area contributed by atoms with Crippen LogP contribution in [0.4, 0.5) is 5.69 Å². The quantitative estimate of drug-likeness (QED) is 0.811. The van der Waals surface area contributed by atoms with E-state index in [0.717, 1.165) is 0 Å². The molecule has 0 aliphatic rings. The molecule has 2 rings (SSSR count). The van der Waals surface area contributed by atoms with Crippen LogP contribution in [-0.2, 0) is 6.54 Å². The number of benzene rings is 1. The largest absolute Gasteiger partial charge is 0.497 e. The first-order valence-electron chi connectivity index (χ1n) is 6.03. The first-order chi connectivity index (χ1) is 10.0. The Morgan fingerprint density at radius 3 is 2.95 bits per heavy atom. The highest BCUT2D eigenvalue weighted by molar-refractivity contribution is 9.10. The molecule has 0 saturated heterocycles. The molecule has 1 amide bonds. The van der Waals surface area contributed by atoms with Gasteiger partial charge in [-0.3, -0.25) is 9.78 Å². The molecule has 1 aromatic carbocycles. The first-order valence-corrected chi connectivity index (χ1v) is 7.20. The maximum absolute atomic E-state index is 12.2. The van der Waals surface area contributed by atoms with E-state index in [1.165, 1.54) is 6.07 Å². The number of nitrogen functional groups attached to an aromatic ring is 1. The van der Waals surface area contributed by atoms with E-state index in [4.69, 9.17) is 22.1 Å². The minimum absolute atomic E-state index is 0.263. The zero-order valence-corrected chi connectivity index (χ0v) is 13.5. The fourth-order valence-electron chi connectivity index (χ4n) is 1.72. The molecule has 0 saturated carbocycles. The summed E-state index contributed by atoms with van der Waals surface area (Å²) in [5, 5.41) is 3.18. The molecular formula is C14H13BrClN3O2. The molecule has 0 atom stereocenters. The van der Waals surface area contributed by atoms with Gasteiger partial charge < -0.3 is 15.8 Å². The standard InChI is InChI=1S/C14H13BrClN3O2/c1-21-10-2-3-18-9(6-10)7-19-14(20)11-4-8(16)5-12(15)13(11)17/h2-6H,7,17H2,1H3,(H,19,20). The Balaban J connectivity index is 2.11. The number of halogens is 2. The fraction of sp³-hybridized carbons (Fsp3) is 0.143. The number of hydrogen-bond donors (Lipinski definition) is 2. The van der Waals surface area contributed by atoms with Crippen LogP contribution in [0.15, 0.2) is 34.9 Å². The molecule has 3 N–H and O–H groups in total. The van der Waals surface area contributed by atoms with Crippen LogP contribution < -0.4 is 15.8 Å². The maximum Gasteiger partial charge on any atom is 0.253 e. The lowest BCUT2D eigenvalue weighted by molar-refractivity contribution is 0.0951. The summed E-state index contributed by atoms with van der Waals surface area (Å²) >= 11 is 9.19. The van der Waals surface area contributed by atoms with Gasteiger partial charge in [-0.05, 0) is 34.1 Å². The zero-order chi connectivity index (χ0) is 15.4. The van der Waals surface area contributed by atoms with E-state index in [2.05, 4.69) is 26.2 Å². The van der Waals surface area contributed by atoms with Gasteiger partial charge in [-0.2, -0.15) is 0 Å². The summed E-state index contributed by atoms with van der Waals surface area (Å²) in [7, 11) is 1.57. The second-order valence-corrected chi connectivity index (χ2v) is 5.51. The van der Waals surface area contributed by atoms with Crippen molar-refractivity contribution >= 4 is 39.1 Å². The van der Waals surface area contributed by atoms with Gasteiger partial charge >= 0.3 is 0 Å². The highest BCUT2D eigenvalue weighted by atomic mass is 79.9. The van der Waals surface area contributed by atoms with Gasteiger partial charge in [0.05, 0.1) is 30.6 Å². The van der Waals surface area contributed by atoms with Crippen LogP contribution in [-0.4, -0.2) is 18.0 Å². The van der Waals surface area contributed by atoms with E-state index >= 15 is 0 Å². The number of carbonyl (C=O) groups excluding carboxylic acids is 1. The van der Waals surface area contributed by atoms with Crippen LogP contribution >= 0.6 is 27.5 Å². The lowest BCUT2D eigenvalue weighted by Gasteiger charge is -2.10. The molecule has 2 aromatic rings. The Morgan fingerprint density at radius 1 is 1.48 bits per heavy atom. The second kappa shape index (κ2) is 6.78. The molecular weight excluding hydrogens is 358 g/mol. The van der Waals surface area contributed by atoms with Gasteiger partial charge in [0.2, 0.25) is 0 Å². The summed E-state index contributed by atoms with van der Waals surface area (Å²) in [5.74, 6) is 0.361. The third-order valence-corrected chi connectivity index (χ3v) is 3.67. The van der Waals surface area contributed by atoms with Crippen molar-refractivity contribution in [3.8, 4) is 5.75 Å². The van der Waals surface area contributed by atoms with Crippen LogP contribution in [0.5, 0.6) is 5.75 Å². The van der Waals surface area contributed by atoms with Crippen LogP contribution in [0, 0.1) is 0 Å². The number of carbonyl (C=O) groups is 1. The Labute approximate surface area is 135 Å². The number of pyridine rings is 1. The van der Waals surface area contributed by atoms with Crippen molar-refractivity contribution in [2.24, 2.45) is 0 Å². The highest BCUT2D eigenvalue weighted by Crippen LogP contribution is 2.27. The number of rotatable bonds is 4.